The summed E-state index contributed by atoms with van der Waals surface area (Å²) >= 11 is 6.10. The van der Waals surface area contributed by atoms with E-state index in [9.17, 15) is 9.59 Å². The summed E-state index contributed by atoms with van der Waals surface area (Å²) in [5.74, 6) is 0.833. The van der Waals surface area contributed by atoms with Crippen LogP contribution in [-0.2, 0) is 11.8 Å². The standard InChI is InChI=1S/C21H27ClN4O3/c1-14-11-18(25(2)24-14)21(28)26-10-4-5-15(13-26)6-9-20(27)23-16-7-8-19(29-3)17(22)12-16/h7-8,11-12,15H,4-6,9-10,13H2,1-3H3,(H,23,27)/t15-/m0/s1. The van der Waals surface area contributed by atoms with Gasteiger partial charge in [0.1, 0.15) is 11.4 Å². The van der Waals surface area contributed by atoms with E-state index in [1.165, 1.54) is 0 Å². The quantitative estimate of drug-likeness (QED) is 0.776. The molecule has 29 heavy (non-hydrogen) atoms. The van der Waals surface area contributed by atoms with Crippen LogP contribution < -0.4 is 10.1 Å². The molecule has 1 aliphatic heterocycles. The Balaban J connectivity index is 1.51. The van der Waals surface area contributed by atoms with Crippen LogP contribution in [0.5, 0.6) is 5.75 Å². The van der Waals surface area contributed by atoms with E-state index >= 15 is 0 Å². The van der Waals surface area contributed by atoms with Crippen LogP contribution in [0.1, 0.15) is 41.9 Å². The molecule has 156 valence electrons. The number of likely N-dealkylation sites (tertiary alicyclic amines) is 1. The second kappa shape index (κ2) is 9.31. The van der Waals surface area contributed by atoms with Crippen molar-refractivity contribution in [2.24, 2.45) is 13.0 Å². The van der Waals surface area contributed by atoms with Crippen molar-refractivity contribution in [3.63, 3.8) is 0 Å². The van der Waals surface area contributed by atoms with Gasteiger partial charge in [-0.05, 0) is 56.4 Å². The van der Waals surface area contributed by atoms with Crippen molar-refractivity contribution in [2.75, 3.05) is 25.5 Å². The summed E-state index contributed by atoms with van der Waals surface area (Å²) in [5, 5.41) is 7.59. The third-order valence-corrected chi connectivity index (χ3v) is 5.54. The summed E-state index contributed by atoms with van der Waals surface area (Å²) in [6.07, 6.45) is 3.11. The second-order valence-corrected chi connectivity index (χ2v) is 7.90. The lowest BCUT2D eigenvalue weighted by molar-refractivity contribution is -0.116. The van der Waals surface area contributed by atoms with Gasteiger partial charge in [0.15, 0.2) is 0 Å². The number of hydrogen-bond acceptors (Lipinski definition) is 4. The van der Waals surface area contributed by atoms with E-state index in [-0.39, 0.29) is 11.8 Å². The zero-order valence-electron chi connectivity index (χ0n) is 17.1. The molecule has 1 aromatic carbocycles. The van der Waals surface area contributed by atoms with Crippen LogP contribution in [-0.4, -0.2) is 46.7 Å². The number of aryl methyl sites for hydroxylation is 2. The van der Waals surface area contributed by atoms with Crippen LogP contribution >= 0.6 is 11.6 Å². The highest BCUT2D eigenvalue weighted by molar-refractivity contribution is 6.32. The van der Waals surface area contributed by atoms with Gasteiger partial charge in [-0.15, -0.1) is 0 Å². The Bertz CT molecular complexity index is 896. The van der Waals surface area contributed by atoms with Gasteiger partial charge in [0, 0.05) is 32.2 Å². The summed E-state index contributed by atoms with van der Waals surface area (Å²) in [7, 11) is 3.34. The average Bonchev–Trinajstić information content (AvgIpc) is 3.04. The highest BCUT2D eigenvalue weighted by Gasteiger charge is 2.26. The minimum Gasteiger partial charge on any atom is -0.495 e. The number of benzene rings is 1. The van der Waals surface area contributed by atoms with Crippen LogP contribution in [0.15, 0.2) is 24.3 Å². The molecule has 1 atom stereocenters. The molecule has 8 heteroatoms. The predicted octanol–water partition coefficient (Wildman–Crippen LogP) is 3.66. The monoisotopic (exact) mass is 418 g/mol. The van der Waals surface area contributed by atoms with Gasteiger partial charge in [-0.3, -0.25) is 14.3 Å². The third-order valence-electron chi connectivity index (χ3n) is 5.24. The van der Waals surface area contributed by atoms with E-state index in [1.807, 2.05) is 17.9 Å². The van der Waals surface area contributed by atoms with Gasteiger partial charge in [0.05, 0.1) is 17.8 Å². The smallest absolute Gasteiger partial charge is 0.272 e. The normalized spacial score (nSPS) is 16.6. The lowest BCUT2D eigenvalue weighted by atomic mass is 9.93. The maximum atomic E-state index is 12.8. The minimum absolute atomic E-state index is 0.00938. The number of anilines is 1. The molecule has 2 amide bonds. The topological polar surface area (TPSA) is 76.5 Å². The van der Waals surface area contributed by atoms with E-state index in [4.69, 9.17) is 16.3 Å². The van der Waals surface area contributed by atoms with Gasteiger partial charge in [0.25, 0.3) is 5.91 Å². The zero-order chi connectivity index (χ0) is 21.0. The molecule has 0 spiro atoms. The Morgan fingerprint density at radius 2 is 2.14 bits per heavy atom. The summed E-state index contributed by atoms with van der Waals surface area (Å²) < 4.78 is 6.75. The molecule has 1 fully saturated rings. The molecular formula is C21H27ClN4O3. The van der Waals surface area contributed by atoms with Gasteiger partial charge in [-0.25, -0.2) is 0 Å². The van der Waals surface area contributed by atoms with Gasteiger partial charge in [-0.1, -0.05) is 11.6 Å². The fraction of sp³-hybridized carbons (Fsp3) is 0.476. The summed E-state index contributed by atoms with van der Waals surface area (Å²) in [4.78, 5) is 27.0. The number of halogens is 1. The van der Waals surface area contributed by atoms with E-state index in [0.717, 1.165) is 31.5 Å². The number of nitrogens with one attached hydrogen (secondary N) is 1. The SMILES string of the molecule is COc1ccc(NC(=O)CC[C@@H]2CCCN(C(=O)c3cc(C)nn3C)C2)cc1Cl. The van der Waals surface area contributed by atoms with Gasteiger partial charge in [-0.2, -0.15) is 5.10 Å². The van der Waals surface area contributed by atoms with Crippen molar-refractivity contribution in [2.45, 2.75) is 32.6 Å². The molecule has 1 saturated heterocycles. The highest BCUT2D eigenvalue weighted by Crippen LogP contribution is 2.28. The first kappa shape index (κ1) is 21.2. The molecule has 1 N–H and O–H groups in total. The Morgan fingerprint density at radius 3 is 2.79 bits per heavy atom. The van der Waals surface area contributed by atoms with Crippen LogP contribution in [0, 0.1) is 12.8 Å². The first-order valence-electron chi connectivity index (χ1n) is 9.80. The highest BCUT2D eigenvalue weighted by atomic mass is 35.5. The Labute approximate surface area is 176 Å². The maximum absolute atomic E-state index is 12.8. The van der Waals surface area contributed by atoms with Crippen molar-refractivity contribution >= 4 is 29.1 Å². The zero-order valence-corrected chi connectivity index (χ0v) is 17.8. The molecule has 1 aliphatic rings. The van der Waals surface area contributed by atoms with Gasteiger partial charge >= 0.3 is 0 Å². The number of ether oxygens (including phenoxy) is 1. The number of aromatic nitrogens is 2. The summed E-state index contributed by atoms with van der Waals surface area (Å²) in [5.41, 5.74) is 2.09. The van der Waals surface area contributed by atoms with E-state index < -0.39 is 0 Å². The van der Waals surface area contributed by atoms with Crippen molar-refractivity contribution in [1.29, 1.82) is 0 Å². The molecule has 1 aromatic heterocycles. The van der Waals surface area contributed by atoms with E-state index in [1.54, 1.807) is 37.0 Å². The molecule has 2 aromatic rings. The number of amides is 2. The molecule has 0 bridgehead atoms. The number of nitrogens with zero attached hydrogens (tertiary/aromatic N) is 3. The maximum Gasteiger partial charge on any atom is 0.272 e. The average molecular weight is 419 g/mol. The van der Waals surface area contributed by atoms with Crippen molar-refractivity contribution in [3.05, 3.63) is 40.7 Å². The minimum atomic E-state index is -0.0584. The molecule has 2 heterocycles. The summed E-state index contributed by atoms with van der Waals surface area (Å²) in [6, 6.07) is 6.98. The second-order valence-electron chi connectivity index (χ2n) is 7.49. The number of methoxy groups -OCH3 is 1. The van der Waals surface area contributed by atoms with Crippen LogP contribution in [0.4, 0.5) is 5.69 Å². The Kier molecular flexibility index (Phi) is 6.79. The lowest BCUT2D eigenvalue weighted by Gasteiger charge is -2.32. The van der Waals surface area contributed by atoms with Crippen LogP contribution in [0.25, 0.3) is 0 Å². The number of piperidine rings is 1. The molecule has 3 rings (SSSR count). The Hall–Kier alpha value is -2.54. The van der Waals surface area contributed by atoms with E-state index in [2.05, 4.69) is 10.4 Å². The van der Waals surface area contributed by atoms with Crippen LogP contribution in [0.2, 0.25) is 5.02 Å². The summed E-state index contributed by atoms with van der Waals surface area (Å²) in [6.45, 7) is 3.30. The van der Waals surface area contributed by atoms with Crippen LogP contribution in [0.3, 0.4) is 0 Å². The molecular weight excluding hydrogens is 392 g/mol. The fourth-order valence-corrected chi connectivity index (χ4v) is 4.02. The number of carbonyl (C=O) groups is 2. The first-order valence-corrected chi connectivity index (χ1v) is 10.2. The molecule has 0 aliphatic carbocycles. The van der Waals surface area contributed by atoms with Crippen molar-refractivity contribution in [1.82, 2.24) is 14.7 Å². The largest absolute Gasteiger partial charge is 0.495 e. The van der Waals surface area contributed by atoms with Crippen molar-refractivity contribution < 1.29 is 14.3 Å². The van der Waals surface area contributed by atoms with E-state index in [0.29, 0.717) is 41.0 Å². The Morgan fingerprint density at radius 1 is 1.34 bits per heavy atom. The molecule has 0 radical (unpaired) electrons. The number of carbonyl (C=O) groups excluding carboxylic acids is 2. The first-order chi connectivity index (χ1) is 13.9. The molecule has 7 nitrogen and oxygen atoms in total. The number of hydrogen-bond donors (Lipinski definition) is 1. The van der Waals surface area contributed by atoms with Gasteiger partial charge < -0.3 is 15.0 Å². The number of rotatable bonds is 6. The fourth-order valence-electron chi connectivity index (χ4n) is 3.76. The molecule has 0 unspecified atom stereocenters. The van der Waals surface area contributed by atoms with Crippen molar-refractivity contribution in [3.8, 4) is 5.75 Å². The third kappa shape index (κ3) is 5.29. The lowest BCUT2D eigenvalue weighted by Crippen LogP contribution is -2.40. The molecule has 0 saturated carbocycles. The predicted molar refractivity (Wildman–Crippen MR) is 112 cm³/mol. The van der Waals surface area contributed by atoms with Gasteiger partial charge in [0.2, 0.25) is 5.91 Å².